The number of hydrogen-bond acceptors (Lipinski definition) is 6. The van der Waals surface area contributed by atoms with Crippen LogP contribution in [0.4, 0.5) is 5.95 Å². The fourth-order valence-electron chi connectivity index (χ4n) is 4.63. The molecule has 1 aromatic heterocycles. The number of nitriles is 1. The van der Waals surface area contributed by atoms with Gasteiger partial charge in [-0.15, -0.1) is 4.72 Å². The fraction of sp³-hybridized carbons (Fsp3) is 0.522. The molecule has 30 heavy (non-hydrogen) atoms. The van der Waals surface area contributed by atoms with Crippen LogP contribution in [-0.4, -0.2) is 32.4 Å². The molecule has 0 saturated carbocycles. The molecule has 2 heterocycles. The summed E-state index contributed by atoms with van der Waals surface area (Å²) in [5.41, 5.74) is 3.88. The van der Waals surface area contributed by atoms with Crippen LogP contribution < -0.4 is 9.62 Å². The molecule has 1 spiro atoms. The van der Waals surface area contributed by atoms with Crippen LogP contribution in [-0.2, 0) is 17.8 Å². The predicted octanol–water partition coefficient (Wildman–Crippen LogP) is 3.59. The topological polar surface area (TPSA) is 87.9 Å². The summed E-state index contributed by atoms with van der Waals surface area (Å²) in [5, 5.41) is 9.24. The quantitative estimate of drug-likeness (QED) is 0.759. The van der Waals surface area contributed by atoms with Crippen LogP contribution in [0, 0.1) is 23.7 Å². The molecule has 1 N–H and O–H groups in total. The van der Waals surface area contributed by atoms with Crippen molar-refractivity contribution in [2.24, 2.45) is 5.41 Å². The molecule has 0 bridgehead atoms. The minimum Gasteiger partial charge on any atom is -0.598 e. The number of aryl methyl sites for hydroxylation is 1. The molecular formula is C23H29N5OS. The summed E-state index contributed by atoms with van der Waals surface area (Å²) in [6, 6.07) is 12.5. The zero-order valence-corrected chi connectivity index (χ0v) is 18.9. The summed E-state index contributed by atoms with van der Waals surface area (Å²) in [5.74, 6) is 0.639. The maximum Gasteiger partial charge on any atom is 0.226 e. The smallest absolute Gasteiger partial charge is 0.226 e. The van der Waals surface area contributed by atoms with E-state index in [0.29, 0.717) is 11.6 Å². The Bertz CT molecular complexity index is 972. The van der Waals surface area contributed by atoms with Crippen LogP contribution in [0.15, 0.2) is 30.3 Å². The van der Waals surface area contributed by atoms with Crippen LogP contribution in [0.5, 0.6) is 0 Å². The number of nitrogens with zero attached hydrogens (tertiary/aromatic N) is 4. The number of rotatable bonds is 3. The molecule has 1 aromatic carbocycles. The third-order valence-corrected chi connectivity index (χ3v) is 7.86. The van der Waals surface area contributed by atoms with E-state index in [4.69, 9.17) is 0 Å². The molecule has 4 rings (SSSR count). The van der Waals surface area contributed by atoms with Gasteiger partial charge in [-0.2, -0.15) is 5.26 Å². The Morgan fingerprint density at radius 3 is 2.60 bits per heavy atom. The minimum absolute atomic E-state index is 0.0307. The van der Waals surface area contributed by atoms with Crippen LogP contribution in [0.3, 0.4) is 0 Å². The van der Waals surface area contributed by atoms with E-state index in [1.165, 1.54) is 11.1 Å². The summed E-state index contributed by atoms with van der Waals surface area (Å²) in [7, 11) is 0. The average Bonchev–Trinajstić information content (AvgIpc) is 3.00. The van der Waals surface area contributed by atoms with Crippen molar-refractivity contribution < 1.29 is 4.55 Å². The van der Waals surface area contributed by atoms with E-state index in [2.05, 4.69) is 49.9 Å². The fourth-order valence-corrected chi connectivity index (χ4v) is 5.57. The zero-order chi connectivity index (χ0) is 21.5. The molecule has 1 unspecified atom stereocenters. The molecule has 2 aliphatic rings. The lowest BCUT2D eigenvalue weighted by Crippen LogP contribution is -2.50. The third-order valence-electron chi connectivity index (χ3n) is 6.30. The number of benzene rings is 1. The van der Waals surface area contributed by atoms with Gasteiger partial charge in [0.2, 0.25) is 5.95 Å². The first-order valence-corrected chi connectivity index (χ1v) is 11.6. The minimum atomic E-state index is -1.14. The van der Waals surface area contributed by atoms with E-state index in [0.717, 1.165) is 38.0 Å². The van der Waals surface area contributed by atoms with Crippen molar-refractivity contribution in [3.8, 4) is 6.07 Å². The molecule has 7 heteroatoms. The number of piperidine rings is 1. The van der Waals surface area contributed by atoms with E-state index < -0.39 is 11.4 Å². The van der Waals surface area contributed by atoms with Crippen LogP contribution in [0.2, 0.25) is 0 Å². The Morgan fingerprint density at radius 2 is 1.93 bits per heavy atom. The number of aromatic nitrogens is 2. The van der Waals surface area contributed by atoms with Crippen molar-refractivity contribution in [2.45, 2.75) is 57.7 Å². The Morgan fingerprint density at radius 1 is 1.23 bits per heavy atom. The molecule has 1 aliphatic carbocycles. The van der Waals surface area contributed by atoms with E-state index in [1.807, 2.05) is 27.7 Å². The summed E-state index contributed by atoms with van der Waals surface area (Å²) >= 11 is -1.14. The first-order chi connectivity index (χ1) is 14.2. The van der Waals surface area contributed by atoms with Gasteiger partial charge in [0.1, 0.15) is 16.5 Å². The van der Waals surface area contributed by atoms with Gasteiger partial charge in [-0.05, 0) is 64.2 Å². The molecule has 6 nitrogen and oxygen atoms in total. The van der Waals surface area contributed by atoms with E-state index in [-0.39, 0.29) is 16.2 Å². The highest BCUT2D eigenvalue weighted by Crippen LogP contribution is 2.52. The van der Waals surface area contributed by atoms with Gasteiger partial charge in [-0.3, -0.25) is 0 Å². The van der Waals surface area contributed by atoms with E-state index in [9.17, 15) is 9.81 Å². The van der Waals surface area contributed by atoms with Crippen molar-refractivity contribution in [3.05, 3.63) is 52.8 Å². The second-order valence-corrected chi connectivity index (χ2v) is 11.5. The van der Waals surface area contributed by atoms with E-state index in [1.54, 1.807) is 6.07 Å². The zero-order valence-electron chi connectivity index (χ0n) is 18.1. The van der Waals surface area contributed by atoms with Crippen LogP contribution in [0.1, 0.15) is 62.2 Å². The number of nitrogens with one attached hydrogen (secondary N) is 1. The Hall–Kier alpha value is -2.14. The highest BCUT2D eigenvalue weighted by Gasteiger charge is 2.50. The first kappa shape index (κ1) is 21.1. The van der Waals surface area contributed by atoms with Gasteiger partial charge >= 0.3 is 0 Å². The highest BCUT2D eigenvalue weighted by molar-refractivity contribution is 7.90. The second kappa shape index (κ2) is 7.84. The second-order valence-electron chi connectivity index (χ2n) is 9.46. The van der Waals surface area contributed by atoms with Crippen molar-refractivity contribution >= 4 is 17.3 Å². The Balaban J connectivity index is 1.58. The van der Waals surface area contributed by atoms with Gasteiger partial charge in [-0.25, -0.2) is 9.97 Å². The normalized spacial score (nSPS) is 21.3. The largest absolute Gasteiger partial charge is 0.598 e. The molecule has 1 aliphatic heterocycles. The molecule has 1 saturated heterocycles. The monoisotopic (exact) mass is 423 g/mol. The first-order valence-electron chi connectivity index (χ1n) is 10.5. The van der Waals surface area contributed by atoms with Crippen molar-refractivity contribution in [1.29, 1.82) is 5.26 Å². The van der Waals surface area contributed by atoms with Gasteiger partial charge in [0.05, 0.1) is 6.04 Å². The molecule has 1 fully saturated rings. The number of hydrogen-bond donors (Lipinski definition) is 1. The van der Waals surface area contributed by atoms with Crippen molar-refractivity contribution in [2.75, 3.05) is 18.0 Å². The Kier molecular flexibility index (Phi) is 5.52. The molecular weight excluding hydrogens is 394 g/mol. The molecule has 0 radical (unpaired) electrons. The van der Waals surface area contributed by atoms with Crippen LogP contribution in [0.25, 0.3) is 0 Å². The maximum atomic E-state index is 13.0. The van der Waals surface area contributed by atoms with E-state index >= 15 is 0 Å². The molecule has 158 valence electrons. The van der Waals surface area contributed by atoms with Crippen molar-refractivity contribution in [3.63, 3.8) is 0 Å². The average molecular weight is 424 g/mol. The molecule has 2 aromatic rings. The van der Waals surface area contributed by atoms with Crippen LogP contribution >= 0.6 is 0 Å². The van der Waals surface area contributed by atoms with Gasteiger partial charge in [0, 0.05) is 35.6 Å². The SMILES string of the molecule is Cc1cc(C#N)nc(N2CCC3(CC2)Cc2ccccc2[C@H]3N[S+]([O-])C(C)(C)C)n1. The lowest BCUT2D eigenvalue weighted by Gasteiger charge is -2.43. The summed E-state index contributed by atoms with van der Waals surface area (Å²) < 4.78 is 16.2. The Labute approximate surface area is 182 Å². The molecule has 0 amide bonds. The lowest BCUT2D eigenvalue weighted by atomic mass is 9.73. The van der Waals surface area contributed by atoms with Crippen molar-refractivity contribution in [1.82, 2.24) is 14.7 Å². The molecule has 2 atom stereocenters. The van der Waals surface area contributed by atoms with Gasteiger partial charge in [-0.1, -0.05) is 24.3 Å². The summed E-state index contributed by atoms with van der Waals surface area (Å²) in [6.07, 6.45) is 2.91. The summed E-state index contributed by atoms with van der Waals surface area (Å²) in [6.45, 7) is 9.56. The predicted molar refractivity (Wildman–Crippen MR) is 119 cm³/mol. The van der Waals surface area contributed by atoms with Gasteiger partial charge < -0.3 is 9.45 Å². The standard InChI is InChI=1S/C23H29N5OS/c1-16-13-18(15-24)26-21(25-16)28-11-9-23(10-12-28)14-17-7-5-6-8-19(17)20(23)27-30(29)22(2,3)4/h5-8,13,20,27H,9-12,14H2,1-4H3/t20-,30?/m1/s1. The number of anilines is 1. The van der Waals surface area contributed by atoms with Gasteiger partial charge in [0.15, 0.2) is 0 Å². The van der Waals surface area contributed by atoms with Gasteiger partial charge in [0.25, 0.3) is 0 Å². The maximum absolute atomic E-state index is 13.0. The number of fused-ring (bicyclic) bond motifs is 1. The lowest BCUT2D eigenvalue weighted by molar-refractivity contribution is 0.175. The highest BCUT2D eigenvalue weighted by atomic mass is 32.2. The summed E-state index contributed by atoms with van der Waals surface area (Å²) in [4.78, 5) is 11.2. The third kappa shape index (κ3) is 3.92.